The van der Waals surface area contributed by atoms with E-state index in [1.165, 1.54) is 0 Å². The number of halogens is 1. The average molecular weight is 386 g/mol. The van der Waals surface area contributed by atoms with Crippen molar-refractivity contribution in [2.75, 3.05) is 0 Å². The molecular weight excluding hydrogens is 366 g/mol. The predicted octanol–water partition coefficient (Wildman–Crippen LogP) is 5.79. The molecular formula is C19H20ClN5S. The van der Waals surface area contributed by atoms with E-state index in [0.29, 0.717) is 11.6 Å². The first kappa shape index (κ1) is 18.6. The van der Waals surface area contributed by atoms with Crippen LogP contribution in [-0.2, 0) is 13.1 Å². The molecule has 0 saturated carbocycles. The van der Waals surface area contributed by atoms with Crippen LogP contribution in [0, 0.1) is 5.53 Å². The Kier molecular flexibility index (Phi) is 6.06. The summed E-state index contributed by atoms with van der Waals surface area (Å²) in [5, 5.41) is 5.33. The SMILES string of the molecule is CC(C)c1nc(CN=N)n(Cc2cccnc2)c1Sc1cccc(Cl)c1. The maximum atomic E-state index is 7.29. The van der Waals surface area contributed by atoms with Crippen molar-refractivity contribution < 1.29 is 0 Å². The Labute approximate surface area is 162 Å². The van der Waals surface area contributed by atoms with Gasteiger partial charge in [0.05, 0.1) is 12.2 Å². The van der Waals surface area contributed by atoms with E-state index < -0.39 is 0 Å². The lowest BCUT2D eigenvalue weighted by Gasteiger charge is -2.13. The molecule has 0 unspecified atom stereocenters. The average Bonchev–Trinajstić information content (AvgIpc) is 2.94. The third-order valence-electron chi connectivity index (χ3n) is 3.87. The van der Waals surface area contributed by atoms with Crippen LogP contribution in [0.4, 0.5) is 0 Å². The summed E-state index contributed by atoms with van der Waals surface area (Å²) < 4.78 is 2.13. The second-order valence-corrected chi connectivity index (χ2v) is 7.69. The number of hydrogen-bond donors (Lipinski definition) is 1. The fraction of sp³-hybridized carbons (Fsp3) is 0.263. The summed E-state index contributed by atoms with van der Waals surface area (Å²) in [4.78, 5) is 10.1. The predicted molar refractivity (Wildman–Crippen MR) is 104 cm³/mol. The Morgan fingerprint density at radius 2 is 2.12 bits per heavy atom. The van der Waals surface area contributed by atoms with Gasteiger partial charge in [0, 0.05) is 22.3 Å². The number of rotatable bonds is 7. The Morgan fingerprint density at radius 1 is 1.27 bits per heavy atom. The highest BCUT2D eigenvalue weighted by Gasteiger charge is 2.20. The number of hydrogen-bond acceptors (Lipinski definition) is 5. The summed E-state index contributed by atoms with van der Waals surface area (Å²) in [6.45, 7) is 5.15. The number of pyridine rings is 1. The zero-order chi connectivity index (χ0) is 18.5. The highest BCUT2D eigenvalue weighted by atomic mass is 35.5. The van der Waals surface area contributed by atoms with Crippen LogP contribution in [0.25, 0.3) is 0 Å². The minimum Gasteiger partial charge on any atom is -0.317 e. The van der Waals surface area contributed by atoms with Crippen LogP contribution in [0.15, 0.2) is 63.8 Å². The van der Waals surface area contributed by atoms with Gasteiger partial charge in [-0.25, -0.2) is 10.5 Å². The normalized spacial score (nSPS) is 11.1. The molecule has 2 heterocycles. The molecule has 3 aromatic rings. The van der Waals surface area contributed by atoms with Gasteiger partial charge >= 0.3 is 0 Å². The van der Waals surface area contributed by atoms with E-state index in [9.17, 15) is 0 Å². The van der Waals surface area contributed by atoms with Crippen LogP contribution in [0.5, 0.6) is 0 Å². The van der Waals surface area contributed by atoms with E-state index in [-0.39, 0.29) is 12.5 Å². The van der Waals surface area contributed by atoms with Gasteiger partial charge in [0.15, 0.2) is 0 Å². The van der Waals surface area contributed by atoms with Crippen LogP contribution in [-0.4, -0.2) is 14.5 Å². The minimum atomic E-state index is 0.260. The molecule has 0 aliphatic carbocycles. The first-order valence-electron chi connectivity index (χ1n) is 8.33. The zero-order valence-corrected chi connectivity index (χ0v) is 16.3. The van der Waals surface area contributed by atoms with Crippen molar-refractivity contribution in [3.05, 3.63) is 70.9 Å². The van der Waals surface area contributed by atoms with Crippen molar-refractivity contribution in [2.24, 2.45) is 5.11 Å². The quantitative estimate of drug-likeness (QED) is 0.523. The molecule has 0 saturated heterocycles. The molecule has 0 aliphatic rings. The smallest absolute Gasteiger partial charge is 0.133 e. The standard InChI is InChI=1S/C19H20ClN5S/c1-13(2)18-19(26-16-7-3-6-15(20)9-16)25(17(24-18)11-23-21)12-14-5-4-8-22-10-14/h3-10,13,21H,11-12H2,1-2H3. The molecule has 0 spiro atoms. The number of aromatic nitrogens is 3. The summed E-state index contributed by atoms with van der Waals surface area (Å²) in [7, 11) is 0. The summed E-state index contributed by atoms with van der Waals surface area (Å²) in [6, 6.07) is 11.8. The Balaban J connectivity index is 2.07. The lowest BCUT2D eigenvalue weighted by atomic mass is 10.1. The van der Waals surface area contributed by atoms with E-state index in [1.807, 2.05) is 42.6 Å². The van der Waals surface area contributed by atoms with Gasteiger partial charge in [0.1, 0.15) is 17.4 Å². The van der Waals surface area contributed by atoms with Crippen molar-refractivity contribution in [1.82, 2.24) is 14.5 Å². The van der Waals surface area contributed by atoms with E-state index >= 15 is 0 Å². The van der Waals surface area contributed by atoms with Gasteiger partial charge in [-0.1, -0.05) is 49.3 Å². The third kappa shape index (κ3) is 4.31. The summed E-state index contributed by atoms with van der Waals surface area (Å²) in [5.74, 6) is 1.05. The second kappa shape index (κ2) is 8.47. The van der Waals surface area contributed by atoms with Gasteiger partial charge in [-0.15, -0.1) is 0 Å². The summed E-state index contributed by atoms with van der Waals surface area (Å²) >= 11 is 7.80. The Hall–Kier alpha value is -2.18. The molecule has 0 fully saturated rings. The molecule has 0 aliphatic heterocycles. The van der Waals surface area contributed by atoms with E-state index in [2.05, 4.69) is 28.5 Å². The highest BCUT2D eigenvalue weighted by molar-refractivity contribution is 7.99. The molecule has 1 aromatic carbocycles. The topological polar surface area (TPSA) is 66.9 Å². The fourth-order valence-corrected chi connectivity index (χ4v) is 4.13. The molecule has 7 heteroatoms. The Morgan fingerprint density at radius 3 is 2.77 bits per heavy atom. The molecule has 5 nitrogen and oxygen atoms in total. The van der Waals surface area contributed by atoms with Gasteiger partial charge < -0.3 is 4.57 Å². The Bertz CT molecular complexity index is 892. The fourth-order valence-electron chi connectivity index (χ4n) is 2.66. The van der Waals surface area contributed by atoms with Crippen molar-refractivity contribution in [3.8, 4) is 0 Å². The van der Waals surface area contributed by atoms with E-state index in [0.717, 1.165) is 27.0 Å². The number of nitrogens with one attached hydrogen (secondary N) is 1. The molecule has 0 amide bonds. The zero-order valence-electron chi connectivity index (χ0n) is 14.7. The molecule has 26 heavy (non-hydrogen) atoms. The second-order valence-electron chi connectivity index (χ2n) is 6.20. The molecule has 0 atom stereocenters. The van der Waals surface area contributed by atoms with Gasteiger partial charge in [-0.2, -0.15) is 5.11 Å². The van der Waals surface area contributed by atoms with Crippen molar-refractivity contribution in [1.29, 1.82) is 5.53 Å². The monoisotopic (exact) mass is 385 g/mol. The lowest BCUT2D eigenvalue weighted by molar-refractivity contribution is 0.657. The van der Waals surface area contributed by atoms with Crippen LogP contribution in [0.2, 0.25) is 5.02 Å². The molecule has 1 N–H and O–H groups in total. The minimum absolute atomic E-state index is 0.260. The first-order chi connectivity index (χ1) is 12.6. The van der Waals surface area contributed by atoms with Gasteiger partial charge in [-0.05, 0) is 35.7 Å². The van der Waals surface area contributed by atoms with Crippen LogP contribution in [0.1, 0.15) is 36.8 Å². The number of imidazole rings is 1. The van der Waals surface area contributed by atoms with Crippen molar-refractivity contribution >= 4 is 23.4 Å². The summed E-state index contributed by atoms with van der Waals surface area (Å²) in [5.41, 5.74) is 9.38. The highest BCUT2D eigenvalue weighted by Crippen LogP contribution is 2.36. The van der Waals surface area contributed by atoms with Crippen molar-refractivity contribution in [3.63, 3.8) is 0 Å². The van der Waals surface area contributed by atoms with Crippen LogP contribution in [0.3, 0.4) is 0 Å². The summed E-state index contributed by atoms with van der Waals surface area (Å²) in [6.07, 6.45) is 3.61. The largest absolute Gasteiger partial charge is 0.317 e. The third-order valence-corrected chi connectivity index (χ3v) is 5.21. The first-order valence-corrected chi connectivity index (χ1v) is 9.52. The molecule has 134 valence electrons. The number of benzene rings is 1. The van der Waals surface area contributed by atoms with E-state index in [1.54, 1.807) is 18.0 Å². The maximum absolute atomic E-state index is 7.29. The molecule has 0 bridgehead atoms. The van der Waals surface area contributed by atoms with Crippen LogP contribution < -0.4 is 0 Å². The van der Waals surface area contributed by atoms with Gasteiger partial charge in [0.25, 0.3) is 0 Å². The van der Waals surface area contributed by atoms with Gasteiger partial charge in [-0.3, -0.25) is 4.98 Å². The molecule has 0 radical (unpaired) electrons. The number of nitrogens with zero attached hydrogens (tertiary/aromatic N) is 4. The molecule has 3 rings (SSSR count). The van der Waals surface area contributed by atoms with E-state index in [4.69, 9.17) is 22.1 Å². The maximum Gasteiger partial charge on any atom is 0.133 e. The lowest BCUT2D eigenvalue weighted by Crippen LogP contribution is -2.06. The van der Waals surface area contributed by atoms with Crippen molar-refractivity contribution in [2.45, 2.75) is 42.8 Å². The van der Waals surface area contributed by atoms with Gasteiger partial charge in [0.2, 0.25) is 0 Å². The van der Waals surface area contributed by atoms with Crippen LogP contribution >= 0.6 is 23.4 Å². The molecule has 2 aromatic heterocycles.